The van der Waals surface area contributed by atoms with Gasteiger partial charge in [-0.2, -0.15) is 0 Å². The van der Waals surface area contributed by atoms with Gasteiger partial charge in [0.1, 0.15) is 0 Å². The van der Waals surface area contributed by atoms with E-state index < -0.39 is 0 Å². The van der Waals surface area contributed by atoms with Crippen molar-refractivity contribution in [3.8, 4) is 0 Å². The Morgan fingerprint density at radius 2 is 1.20 bits per heavy atom. The molecule has 166 valence electrons. The van der Waals surface area contributed by atoms with Gasteiger partial charge in [0.05, 0.1) is 0 Å². The SMILES string of the molecule is CC(C)(C)C1=CC(=Cc2cc(C(C)(C)C)[s+]c(C(C)(C)C)c2)C(I)=C(C(C)(C)C)[Te]1. The Kier molecular flexibility index (Phi) is 7.90. The van der Waals surface area contributed by atoms with Crippen LogP contribution in [0.25, 0.3) is 6.08 Å². The molecule has 0 atom stereocenters. The van der Waals surface area contributed by atoms with E-state index in [0.717, 1.165) is 0 Å². The van der Waals surface area contributed by atoms with Crippen LogP contribution in [0, 0.1) is 10.8 Å². The average Bonchev–Trinajstić information content (AvgIpc) is 2.52. The van der Waals surface area contributed by atoms with Crippen molar-refractivity contribution in [2.24, 2.45) is 10.8 Å². The predicted octanol–water partition coefficient (Wildman–Crippen LogP) is 9.35. The van der Waals surface area contributed by atoms with Gasteiger partial charge in [0.15, 0.2) is 0 Å². The van der Waals surface area contributed by atoms with Crippen molar-refractivity contribution in [2.75, 3.05) is 0 Å². The maximum absolute atomic E-state index is 2.62. The van der Waals surface area contributed by atoms with E-state index in [1.807, 2.05) is 11.3 Å². The van der Waals surface area contributed by atoms with Gasteiger partial charge in [-0.25, -0.2) is 0 Å². The van der Waals surface area contributed by atoms with E-state index in [-0.39, 0.29) is 42.6 Å². The summed E-state index contributed by atoms with van der Waals surface area (Å²) in [6, 6.07) is 4.84. The van der Waals surface area contributed by atoms with Gasteiger partial charge in [0.25, 0.3) is 0 Å². The molecule has 2 heterocycles. The van der Waals surface area contributed by atoms with E-state index in [1.165, 1.54) is 24.5 Å². The number of hydrogen-bond donors (Lipinski definition) is 0. The summed E-state index contributed by atoms with van der Waals surface area (Å²) in [5, 5.41) is 0. The molecule has 0 aliphatic carbocycles. The Bertz CT molecular complexity index is 872. The summed E-state index contributed by atoms with van der Waals surface area (Å²) in [7, 11) is 0. The monoisotopic (exact) mass is 653 g/mol. The van der Waals surface area contributed by atoms with Crippen molar-refractivity contribution in [1.82, 2.24) is 0 Å². The molecule has 0 unspecified atom stereocenters. The van der Waals surface area contributed by atoms with Gasteiger partial charge in [-0.3, -0.25) is 0 Å². The Balaban J connectivity index is 2.76. The van der Waals surface area contributed by atoms with Crippen LogP contribution in [-0.4, -0.2) is 20.9 Å². The summed E-state index contributed by atoms with van der Waals surface area (Å²) in [6.45, 7) is 28.2. The summed E-state index contributed by atoms with van der Waals surface area (Å²) in [4.78, 5) is 2.92. The van der Waals surface area contributed by atoms with Crippen LogP contribution in [0.15, 0.2) is 34.6 Å². The molecular weight excluding hydrogens is 611 g/mol. The van der Waals surface area contributed by atoms with Gasteiger partial charge in [0, 0.05) is 0 Å². The Labute approximate surface area is 214 Å². The van der Waals surface area contributed by atoms with Crippen LogP contribution < -0.4 is 0 Å². The number of halogens is 1. The van der Waals surface area contributed by atoms with Gasteiger partial charge in [0.2, 0.25) is 0 Å². The number of allylic oxidation sites excluding steroid dienone is 5. The van der Waals surface area contributed by atoms with Crippen molar-refractivity contribution >= 4 is 60.9 Å². The van der Waals surface area contributed by atoms with Crippen molar-refractivity contribution < 1.29 is 0 Å². The van der Waals surface area contributed by atoms with Gasteiger partial charge in [-0.1, -0.05) is 0 Å². The quantitative estimate of drug-likeness (QED) is 0.161. The first-order valence-corrected chi connectivity index (χ1v) is 15.0. The Hall–Kier alpha value is 0.310. The van der Waals surface area contributed by atoms with Crippen molar-refractivity contribution in [2.45, 2.75) is 93.9 Å². The zero-order valence-corrected chi connectivity index (χ0v) is 26.3. The first-order chi connectivity index (χ1) is 13.3. The van der Waals surface area contributed by atoms with Crippen molar-refractivity contribution in [3.05, 3.63) is 49.9 Å². The fourth-order valence-corrected chi connectivity index (χ4v) is 9.60. The zero-order valence-electron chi connectivity index (χ0n) is 21.0. The van der Waals surface area contributed by atoms with E-state index in [2.05, 4.69) is 130 Å². The molecule has 30 heavy (non-hydrogen) atoms. The molecule has 2 rings (SSSR count). The fraction of sp³-hybridized carbons (Fsp3) is 0.593. The minimum atomic E-state index is -0.311. The molecule has 0 radical (unpaired) electrons. The van der Waals surface area contributed by atoms with Crippen LogP contribution in [-0.2, 0) is 10.8 Å². The van der Waals surface area contributed by atoms with Gasteiger partial charge in [-0.15, -0.1) is 0 Å². The second-order valence-corrected chi connectivity index (χ2v) is 17.6. The van der Waals surface area contributed by atoms with E-state index >= 15 is 0 Å². The molecular formula is C27H40ISTe+. The molecule has 0 saturated heterocycles. The standard InChI is InChI=1S/C27H40ISTe/c1-24(2,3)19-14-17(15-20(29-19)25(4,5)6)13-18-16-21(26(7,8)9)30-23(22(18)28)27(10,11)12/h13-16H,1-12H3/q+1. The van der Waals surface area contributed by atoms with Crippen LogP contribution in [0.4, 0.5) is 0 Å². The van der Waals surface area contributed by atoms with Crippen molar-refractivity contribution in [1.29, 1.82) is 0 Å². The summed E-state index contributed by atoms with van der Waals surface area (Å²) in [6.07, 6.45) is 4.96. The predicted molar refractivity (Wildman–Crippen MR) is 148 cm³/mol. The Morgan fingerprint density at radius 1 is 0.733 bits per heavy atom. The molecule has 0 amide bonds. The van der Waals surface area contributed by atoms with Crippen LogP contribution in [0.2, 0.25) is 0 Å². The van der Waals surface area contributed by atoms with E-state index in [9.17, 15) is 0 Å². The van der Waals surface area contributed by atoms with E-state index in [4.69, 9.17) is 0 Å². The third-order valence-electron chi connectivity index (χ3n) is 4.99. The molecule has 0 fully saturated rings. The summed E-state index contributed by atoms with van der Waals surface area (Å²) >= 11 is 4.28. The van der Waals surface area contributed by atoms with Crippen LogP contribution in [0.1, 0.15) is 98.4 Å². The molecule has 0 bridgehead atoms. The second kappa shape index (κ2) is 8.92. The molecule has 0 saturated carbocycles. The molecule has 1 aliphatic rings. The average molecular weight is 651 g/mol. The maximum atomic E-state index is 2.62. The van der Waals surface area contributed by atoms with Crippen LogP contribution in [0.5, 0.6) is 0 Å². The second-order valence-electron chi connectivity index (χ2n) is 12.5. The minimum absolute atomic E-state index is 0.157. The van der Waals surface area contributed by atoms with E-state index in [0.29, 0.717) is 0 Å². The van der Waals surface area contributed by atoms with Gasteiger partial charge < -0.3 is 0 Å². The third-order valence-corrected chi connectivity index (χ3v) is 14.8. The molecule has 1 aromatic heterocycles. The molecule has 1 aliphatic heterocycles. The normalized spacial score (nSPS) is 18.2. The first-order valence-electron chi connectivity index (χ1n) is 10.8. The van der Waals surface area contributed by atoms with Gasteiger partial charge in [-0.05, 0) is 0 Å². The number of hydrogen-bond acceptors (Lipinski definition) is 0. The zero-order chi connectivity index (χ0) is 23.3. The summed E-state index contributed by atoms with van der Waals surface area (Å²) in [5.74, 6) is 0. The summed E-state index contributed by atoms with van der Waals surface area (Å²) in [5.41, 5.74) is 3.52. The molecule has 0 spiro atoms. The van der Waals surface area contributed by atoms with Crippen LogP contribution >= 0.6 is 33.9 Å². The molecule has 0 nitrogen and oxygen atoms in total. The van der Waals surface area contributed by atoms with Crippen molar-refractivity contribution in [3.63, 3.8) is 0 Å². The number of rotatable bonds is 1. The third kappa shape index (κ3) is 6.66. The molecule has 0 N–H and O–H groups in total. The van der Waals surface area contributed by atoms with Gasteiger partial charge >= 0.3 is 216 Å². The molecule has 1 aromatic rings. The Morgan fingerprint density at radius 3 is 1.57 bits per heavy atom. The van der Waals surface area contributed by atoms with E-state index in [1.54, 1.807) is 7.24 Å². The molecule has 3 heteroatoms. The summed E-state index contributed by atoms with van der Waals surface area (Å²) < 4.78 is 4.84. The first kappa shape index (κ1) is 26.6. The molecule has 0 aromatic carbocycles. The fourth-order valence-electron chi connectivity index (χ4n) is 3.00. The van der Waals surface area contributed by atoms with Crippen LogP contribution in [0.3, 0.4) is 0 Å². The topological polar surface area (TPSA) is 0 Å².